The molecule has 6 nitrogen and oxygen atoms in total. The first-order chi connectivity index (χ1) is 17.4. The average Bonchev–Trinajstić information content (AvgIpc) is 3.45. The third kappa shape index (κ3) is 3.27. The molecule has 3 saturated carbocycles. The van der Waals surface area contributed by atoms with E-state index in [1.807, 2.05) is 0 Å². The quantitative estimate of drug-likeness (QED) is 0.544. The summed E-state index contributed by atoms with van der Waals surface area (Å²) >= 11 is 0.352. The fourth-order valence-electron chi connectivity index (χ4n) is 7.97. The monoisotopic (exact) mass is 538 g/mol. The summed E-state index contributed by atoms with van der Waals surface area (Å²) in [5.41, 5.74) is -7.19. The predicted molar refractivity (Wildman–Crippen MR) is 129 cm³/mol. The van der Waals surface area contributed by atoms with Gasteiger partial charge in [0.1, 0.15) is 12.2 Å². The number of aliphatic hydroxyl groups excluding tert-OH is 1. The Labute approximate surface area is 216 Å². The van der Waals surface area contributed by atoms with Gasteiger partial charge >= 0.3 is 5.97 Å². The molecule has 0 spiro atoms. The Balaban J connectivity index is 1.64. The lowest BCUT2D eigenvalue weighted by Crippen LogP contribution is -2.70. The van der Waals surface area contributed by atoms with Crippen molar-refractivity contribution >= 4 is 28.6 Å². The predicted octanol–water partition coefficient (Wildman–Crippen LogP) is 4.93. The zero-order chi connectivity index (χ0) is 27.0. The number of halogens is 3. The molecule has 37 heavy (non-hydrogen) atoms. The van der Waals surface area contributed by atoms with Crippen molar-refractivity contribution in [3.05, 3.63) is 48.0 Å². The number of thioether (sulfide) groups is 1. The number of furan rings is 1. The highest BCUT2D eigenvalue weighted by molar-refractivity contribution is 8.13. The second-order valence-corrected chi connectivity index (χ2v) is 12.0. The summed E-state index contributed by atoms with van der Waals surface area (Å²) in [4.78, 5) is 38.7. The topological polar surface area (TPSA) is 93.8 Å². The normalized spacial score (nSPS) is 44.5. The summed E-state index contributed by atoms with van der Waals surface area (Å²) in [6.45, 7) is 4.79. The van der Waals surface area contributed by atoms with Crippen LogP contribution < -0.4 is 0 Å². The van der Waals surface area contributed by atoms with Gasteiger partial charge in [0.15, 0.2) is 17.1 Å². The van der Waals surface area contributed by atoms with Crippen molar-refractivity contribution in [1.29, 1.82) is 0 Å². The highest BCUT2D eigenvalue weighted by Crippen LogP contribution is 2.72. The molecule has 1 heterocycles. The number of hydrogen-bond donors (Lipinski definition) is 1. The van der Waals surface area contributed by atoms with Crippen molar-refractivity contribution < 1.29 is 41.8 Å². The van der Waals surface area contributed by atoms with Gasteiger partial charge < -0.3 is 14.3 Å². The molecule has 0 aliphatic heterocycles. The Hall–Kier alpha value is -2.33. The first-order valence-electron chi connectivity index (χ1n) is 12.3. The van der Waals surface area contributed by atoms with Gasteiger partial charge in [-0.05, 0) is 73.7 Å². The van der Waals surface area contributed by atoms with Gasteiger partial charge in [-0.3, -0.25) is 9.59 Å². The molecule has 1 N–H and O–H groups in total. The van der Waals surface area contributed by atoms with Gasteiger partial charge in [-0.1, -0.05) is 19.9 Å². The zero-order valence-corrected chi connectivity index (χ0v) is 21.5. The van der Waals surface area contributed by atoms with Gasteiger partial charge in [-0.25, -0.2) is 18.0 Å². The number of alkyl halides is 3. The maximum Gasteiger partial charge on any atom is 0.375 e. The van der Waals surface area contributed by atoms with E-state index in [2.05, 4.69) is 0 Å². The summed E-state index contributed by atoms with van der Waals surface area (Å²) in [7, 11) is 0. The van der Waals surface area contributed by atoms with Gasteiger partial charge in [0.25, 0.3) is 0 Å². The lowest BCUT2D eigenvalue weighted by atomic mass is 9.44. The Morgan fingerprint density at radius 3 is 2.65 bits per heavy atom. The zero-order valence-electron chi connectivity index (χ0n) is 20.7. The number of hydrogen-bond acceptors (Lipinski definition) is 7. The molecule has 200 valence electrons. The molecule has 4 aliphatic carbocycles. The largest absolute Gasteiger partial charge is 0.457 e. The van der Waals surface area contributed by atoms with E-state index in [1.54, 1.807) is 13.8 Å². The standard InChI is InChI=1S/C27H29F3O6S/c1-14-9-16-17-11-19(29)18-10-15(31)6-7-24(18,2)26(17,30)21(32)12-25(16,3)27(14,23(34)37-13-28)36-22(33)20-5-4-8-35-20/h4-8,10,14,16-17,19,21,32H,9,11-13H2,1-3H3/t14?,16?,17?,19-,21?,24-,25-,26?,27-/m0/s1. The van der Waals surface area contributed by atoms with E-state index < -0.39 is 75.0 Å². The minimum atomic E-state index is -2.35. The molecule has 1 aromatic heterocycles. The van der Waals surface area contributed by atoms with Crippen molar-refractivity contribution in [3.8, 4) is 0 Å². The molecular weight excluding hydrogens is 509 g/mol. The first kappa shape index (κ1) is 26.3. The lowest BCUT2D eigenvalue weighted by Gasteiger charge is -2.63. The van der Waals surface area contributed by atoms with Crippen molar-refractivity contribution in [2.45, 2.75) is 63.6 Å². The Morgan fingerprint density at radius 1 is 1.27 bits per heavy atom. The van der Waals surface area contributed by atoms with Gasteiger partial charge in [0, 0.05) is 22.7 Å². The number of rotatable bonds is 4. The lowest BCUT2D eigenvalue weighted by molar-refractivity contribution is -0.221. The third-order valence-corrected chi connectivity index (χ3v) is 10.3. The molecule has 0 amide bonds. The smallest absolute Gasteiger partial charge is 0.375 e. The minimum absolute atomic E-state index is 0.00739. The molecule has 1 aromatic rings. The molecule has 0 aromatic carbocycles. The van der Waals surface area contributed by atoms with E-state index in [-0.39, 0.29) is 30.6 Å². The van der Waals surface area contributed by atoms with Crippen LogP contribution in [0.15, 0.2) is 46.6 Å². The Kier molecular flexibility index (Phi) is 6.10. The molecule has 0 bridgehead atoms. The van der Waals surface area contributed by atoms with Gasteiger partial charge in [0.05, 0.1) is 12.4 Å². The maximum absolute atomic E-state index is 17.4. The van der Waals surface area contributed by atoms with Crippen LogP contribution in [0.1, 0.15) is 50.6 Å². The molecule has 5 rings (SSSR count). The maximum atomic E-state index is 17.4. The van der Waals surface area contributed by atoms with Gasteiger partial charge in [0.2, 0.25) is 10.9 Å². The van der Waals surface area contributed by atoms with Crippen LogP contribution in [0.2, 0.25) is 0 Å². The summed E-state index contributed by atoms with van der Waals surface area (Å²) in [6.07, 6.45) is 1.16. The summed E-state index contributed by atoms with van der Waals surface area (Å²) in [5.74, 6) is -3.98. The van der Waals surface area contributed by atoms with E-state index in [0.29, 0.717) is 11.8 Å². The molecule has 4 aliphatic rings. The number of carbonyl (C=O) groups is 3. The highest BCUT2D eigenvalue weighted by Gasteiger charge is 2.78. The highest BCUT2D eigenvalue weighted by atomic mass is 32.2. The van der Waals surface area contributed by atoms with E-state index in [1.165, 1.54) is 37.5 Å². The van der Waals surface area contributed by atoms with E-state index in [0.717, 1.165) is 6.08 Å². The summed E-state index contributed by atoms with van der Waals surface area (Å²) < 4.78 is 57.5. The Bertz CT molecular complexity index is 1200. The van der Waals surface area contributed by atoms with Crippen LogP contribution in [-0.2, 0) is 14.3 Å². The van der Waals surface area contributed by atoms with Crippen molar-refractivity contribution in [1.82, 2.24) is 0 Å². The second-order valence-electron chi connectivity index (χ2n) is 11.1. The van der Waals surface area contributed by atoms with Gasteiger partial charge in [-0.2, -0.15) is 0 Å². The molecule has 0 saturated heterocycles. The number of allylic oxidation sites excluding steroid dienone is 4. The molecule has 5 unspecified atom stereocenters. The van der Waals surface area contributed by atoms with Crippen LogP contribution in [0.3, 0.4) is 0 Å². The molecule has 0 radical (unpaired) electrons. The van der Waals surface area contributed by atoms with Crippen molar-refractivity contribution in [2.24, 2.45) is 28.6 Å². The van der Waals surface area contributed by atoms with E-state index in [9.17, 15) is 23.9 Å². The number of carbonyl (C=O) groups excluding carboxylic acids is 3. The van der Waals surface area contributed by atoms with Crippen LogP contribution in [0, 0.1) is 28.6 Å². The number of ether oxygens (including phenoxy) is 1. The molecule has 10 heteroatoms. The average molecular weight is 539 g/mol. The first-order valence-corrected chi connectivity index (χ1v) is 13.3. The minimum Gasteiger partial charge on any atom is -0.457 e. The fourth-order valence-corrected chi connectivity index (χ4v) is 8.76. The fraction of sp³-hybridized carbons (Fsp3) is 0.593. The van der Waals surface area contributed by atoms with Crippen LogP contribution in [-0.4, -0.2) is 51.5 Å². The van der Waals surface area contributed by atoms with Gasteiger partial charge in [-0.15, -0.1) is 0 Å². The van der Waals surface area contributed by atoms with Crippen LogP contribution in [0.25, 0.3) is 0 Å². The van der Waals surface area contributed by atoms with E-state index in [4.69, 9.17) is 9.15 Å². The summed E-state index contributed by atoms with van der Waals surface area (Å²) in [6, 6.07) is 1.78. The molecule has 9 atom stereocenters. The van der Waals surface area contributed by atoms with Crippen molar-refractivity contribution in [3.63, 3.8) is 0 Å². The molecular formula is C27H29F3O6S. The second kappa shape index (κ2) is 8.59. The molecule has 3 fully saturated rings. The number of ketones is 1. The van der Waals surface area contributed by atoms with Crippen LogP contribution in [0.5, 0.6) is 0 Å². The number of aliphatic hydroxyl groups is 1. The number of fused-ring (bicyclic) bond motifs is 5. The van der Waals surface area contributed by atoms with Crippen LogP contribution >= 0.6 is 11.8 Å². The van der Waals surface area contributed by atoms with Crippen molar-refractivity contribution in [2.75, 3.05) is 6.01 Å². The Morgan fingerprint density at radius 2 is 2.00 bits per heavy atom. The summed E-state index contributed by atoms with van der Waals surface area (Å²) in [5, 5.41) is 10.7. The number of esters is 1. The third-order valence-electron chi connectivity index (χ3n) is 9.63. The van der Waals surface area contributed by atoms with E-state index >= 15 is 8.78 Å². The van der Waals surface area contributed by atoms with Crippen LogP contribution in [0.4, 0.5) is 13.2 Å². The SMILES string of the molecule is CC1CC2C3C[C@H](F)C4=CC(=O)C=C[C@]4(C)C3(F)C(O)C[C@]2(C)[C@@]1(OC(=O)c1ccco1)C(=O)SCF.